The summed E-state index contributed by atoms with van der Waals surface area (Å²) in [4.78, 5) is 0. The Kier molecular flexibility index (Phi) is 5.14. The molecule has 1 aliphatic rings. The molecule has 1 rings (SSSR count). The predicted octanol–water partition coefficient (Wildman–Crippen LogP) is 1.37. The van der Waals surface area contributed by atoms with Gasteiger partial charge >= 0.3 is 0 Å². The molecule has 1 saturated heterocycles. The highest BCUT2D eigenvalue weighted by Crippen LogP contribution is 2.27. The van der Waals surface area contributed by atoms with Gasteiger partial charge in [0.15, 0.2) is 5.60 Å². The van der Waals surface area contributed by atoms with Crippen molar-refractivity contribution in [3.63, 3.8) is 0 Å². The Morgan fingerprint density at radius 3 is 2.33 bits per heavy atom. The lowest BCUT2D eigenvalue weighted by Crippen LogP contribution is -2.48. The second-order valence-corrected chi connectivity index (χ2v) is 7.12. The molecule has 0 saturated carbocycles. The summed E-state index contributed by atoms with van der Waals surface area (Å²) < 4.78 is 31.1. The summed E-state index contributed by atoms with van der Waals surface area (Å²) in [6, 6.07) is 2.19. The highest BCUT2D eigenvalue weighted by Gasteiger charge is 2.38. The van der Waals surface area contributed by atoms with Crippen LogP contribution in [0.3, 0.4) is 0 Å². The van der Waals surface area contributed by atoms with Crippen LogP contribution in [-0.4, -0.2) is 43.8 Å². The largest absolute Gasteiger partial charge is 0.360 e. The van der Waals surface area contributed by atoms with Crippen LogP contribution in [0.25, 0.3) is 0 Å². The van der Waals surface area contributed by atoms with E-state index in [1.165, 1.54) is 4.31 Å². The van der Waals surface area contributed by atoms with Gasteiger partial charge in [0, 0.05) is 32.5 Å². The van der Waals surface area contributed by atoms with Gasteiger partial charge in [-0.25, -0.2) is 12.7 Å². The fraction of sp³-hybridized carbons (Fsp3) is 0.917. The van der Waals surface area contributed by atoms with E-state index in [1.807, 2.05) is 20.8 Å². The molecule has 0 atom stereocenters. The Balaban J connectivity index is 2.67. The molecule has 0 aliphatic carbocycles. The number of piperidine rings is 1. The molecule has 5 nitrogen and oxygen atoms in total. The molecule has 0 aromatic rings. The Morgan fingerprint density at radius 1 is 1.39 bits per heavy atom. The molecule has 6 heteroatoms. The van der Waals surface area contributed by atoms with E-state index < -0.39 is 15.6 Å². The van der Waals surface area contributed by atoms with Crippen LogP contribution >= 0.6 is 0 Å². The minimum atomic E-state index is -3.19. The van der Waals surface area contributed by atoms with Crippen molar-refractivity contribution >= 4 is 10.0 Å². The number of hydrogen-bond donors (Lipinski definition) is 0. The summed E-state index contributed by atoms with van der Waals surface area (Å²) in [7, 11) is -3.19. The topological polar surface area (TPSA) is 70.4 Å². The van der Waals surface area contributed by atoms with Gasteiger partial charge in [0.25, 0.3) is 0 Å². The minimum absolute atomic E-state index is 0.115. The molecule has 1 heterocycles. The molecule has 0 unspecified atom stereocenters. The van der Waals surface area contributed by atoms with Crippen LogP contribution in [0, 0.1) is 17.2 Å². The zero-order chi connectivity index (χ0) is 13.8. The Hall–Kier alpha value is -0.640. The number of hydrogen-bond acceptors (Lipinski definition) is 4. The smallest absolute Gasteiger partial charge is 0.214 e. The van der Waals surface area contributed by atoms with E-state index in [4.69, 9.17) is 10.00 Å². The third-order valence-corrected chi connectivity index (χ3v) is 5.33. The second-order valence-electron chi connectivity index (χ2n) is 5.11. The Morgan fingerprint density at radius 2 is 1.94 bits per heavy atom. The molecule has 0 aromatic carbocycles. The number of rotatable bonds is 5. The molecular formula is C12H22N2O3S. The maximum atomic E-state index is 12.1. The summed E-state index contributed by atoms with van der Waals surface area (Å²) in [6.45, 7) is 6.86. The molecule has 104 valence electrons. The average Bonchev–Trinajstić information content (AvgIpc) is 2.28. The van der Waals surface area contributed by atoms with Crippen molar-refractivity contribution in [1.29, 1.82) is 5.26 Å². The number of nitrogens with zero attached hydrogens (tertiary/aromatic N) is 2. The van der Waals surface area contributed by atoms with Crippen molar-refractivity contribution in [3.05, 3.63) is 0 Å². The normalized spacial score (nSPS) is 20.8. The van der Waals surface area contributed by atoms with E-state index in [2.05, 4.69) is 6.07 Å². The van der Waals surface area contributed by atoms with Crippen LogP contribution in [0.2, 0.25) is 0 Å². The summed E-state index contributed by atoms with van der Waals surface area (Å²) in [5.41, 5.74) is -0.793. The summed E-state index contributed by atoms with van der Waals surface area (Å²) in [5.74, 6) is 0.283. The zero-order valence-electron chi connectivity index (χ0n) is 11.3. The Labute approximate surface area is 110 Å². The number of sulfonamides is 1. The van der Waals surface area contributed by atoms with Gasteiger partial charge in [0.1, 0.15) is 0 Å². The molecule has 0 bridgehead atoms. The van der Waals surface area contributed by atoms with Crippen LogP contribution in [-0.2, 0) is 14.8 Å². The third kappa shape index (κ3) is 3.67. The third-order valence-electron chi connectivity index (χ3n) is 3.09. The van der Waals surface area contributed by atoms with E-state index in [1.54, 1.807) is 0 Å². The standard InChI is InChI=1S/C12H22N2O3S/c1-4-17-12(10-13)5-7-14(8-6-12)18(15,16)9-11(2)3/h11H,4-9H2,1-3H3. The maximum absolute atomic E-state index is 12.1. The lowest BCUT2D eigenvalue weighted by Gasteiger charge is -2.36. The van der Waals surface area contributed by atoms with Crippen LogP contribution < -0.4 is 0 Å². The fourth-order valence-corrected chi connectivity index (χ4v) is 4.01. The minimum Gasteiger partial charge on any atom is -0.360 e. The van der Waals surface area contributed by atoms with Crippen molar-refractivity contribution in [2.24, 2.45) is 5.92 Å². The van der Waals surface area contributed by atoms with E-state index in [-0.39, 0.29) is 11.7 Å². The van der Waals surface area contributed by atoms with E-state index >= 15 is 0 Å². The van der Waals surface area contributed by atoms with Crippen molar-refractivity contribution in [2.45, 2.75) is 39.2 Å². The first-order valence-electron chi connectivity index (χ1n) is 6.38. The molecule has 0 N–H and O–H groups in total. The van der Waals surface area contributed by atoms with Crippen molar-refractivity contribution in [2.75, 3.05) is 25.4 Å². The van der Waals surface area contributed by atoms with Crippen molar-refractivity contribution in [3.8, 4) is 6.07 Å². The summed E-state index contributed by atoms with van der Waals surface area (Å²) >= 11 is 0. The zero-order valence-corrected chi connectivity index (χ0v) is 12.2. The summed E-state index contributed by atoms with van der Waals surface area (Å²) in [6.07, 6.45) is 0.906. The lowest BCUT2D eigenvalue weighted by molar-refractivity contribution is -0.0268. The molecule has 1 fully saturated rings. The van der Waals surface area contributed by atoms with E-state index in [9.17, 15) is 8.42 Å². The van der Waals surface area contributed by atoms with Gasteiger partial charge in [-0.2, -0.15) is 5.26 Å². The van der Waals surface area contributed by atoms with Gasteiger partial charge in [-0.1, -0.05) is 13.8 Å². The van der Waals surface area contributed by atoms with Crippen LogP contribution in [0.4, 0.5) is 0 Å². The number of nitriles is 1. The summed E-state index contributed by atoms with van der Waals surface area (Å²) in [5, 5.41) is 9.16. The highest BCUT2D eigenvalue weighted by atomic mass is 32.2. The van der Waals surface area contributed by atoms with E-state index in [0.717, 1.165) is 0 Å². The second kappa shape index (κ2) is 6.00. The first-order chi connectivity index (χ1) is 8.35. The van der Waals surface area contributed by atoms with Gasteiger partial charge < -0.3 is 4.74 Å². The lowest BCUT2D eigenvalue weighted by atomic mass is 9.94. The quantitative estimate of drug-likeness (QED) is 0.759. The van der Waals surface area contributed by atoms with Gasteiger partial charge in [-0.3, -0.25) is 0 Å². The molecule has 0 aromatic heterocycles. The van der Waals surface area contributed by atoms with Gasteiger partial charge in [-0.05, 0) is 12.8 Å². The monoisotopic (exact) mass is 274 g/mol. The van der Waals surface area contributed by atoms with Crippen molar-refractivity contribution < 1.29 is 13.2 Å². The molecule has 0 spiro atoms. The van der Waals surface area contributed by atoms with Gasteiger partial charge in [0.05, 0.1) is 11.8 Å². The van der Waals surface area contributed by atoms with Gasteiger partial charge in [0.2, 0.25) is 10.0 Å². The van der Waals surface area contributed by atoms with Crippen LogP contribution in [0.15, 0.2) is 0 Å². The molecule has 0 amide bonds. The molecule has 1 aliphatic heterocycles. The van der Waals surface area contributed by atoms with Crippen LogP contribution in [0.1, 0.15) is 33.6 Å². The maximum Gasteiger partial charge on any atom is 0.214 e. The Bertz CT molecular complexity index is 404. The highest BCUT2D eigenvalue weighted by molar-refractivity contribution is 7.89. The molecular weight excluding hydrogens is 252 g/mol. The predicted molar refractivity (Wildman–Crippen MR) is 69.4 cm³/mol. The van der Waals surface area contributed by atoms with Crippen LogP contribution in [0.5, 0.6) is 0 Å². The average molecular weight is 274 g/mol. The number of ether oxygens (including phenoxy) is 1. The van der Waals surface area contributed by atoms with Crippen molar-refractivity contribution in [1.82, 2.24) is 4.31 Å². The van der Waals surface area contributed by atoms with Gasteiger partial charge in [-0.15, -0.1) is 0 Å². The first kappa shape index (κ1) is 15.4. The molecule has 18 heavy (non-hydrogen) atoms. The first-order valence-corrected chi connectivity index (χ1v) is 7.99. The molecule has 0 radical (unpaired) electrons. The van der Waals surface area contributed by atoms with E-state index in [0.29, 0.717) is 32.5 Å². The SMILES string of the molecule is CCOC1(C#N)CCN(S(=O)(=O)CC(C)C)CC1. The fourth-order valence-electron chi connectivity index (χ4n) is 2.22.